The molecule has 1 aromatic heterocycles. The molecular weight excluding hydrogens is 294 g/mol. The maximum absolute atomic E-state index is 6.04. The number of likely N-dealkylation sites (tertiary alicyclic amines) is 1. The summed E-state index contributed by atoms with van der Waals surface area (Å²) >= 11 is 0. The molecule has 0 amide bonds. The molecule has 0 unspecified atom stereocenters. The van der Waals surface area contributed by atoms with Crippen molar-refractivity contribution in [3.63, 3.8) is 0 Å². The normalized spacial score (nSPS) is 33.5. The van der Waals surface area contributed by atoms with Crippen molar-refractivity contribution in [3.8, 4) is 0 Å². The predicted molar refractivity (Wildman–Crippen MR) is 84.2 cm³/mol. The van der Waals surface area contributed by atoms with E-state index in [0.717, 1.165) is 63.4 Å². The van der Waals surface area contributed by atoms with E-state index in [1.54, 1.807) is 0 Å². The van der Waals surface area contributed by atoms with Gasteiger partial charge in [-0.25, -0.2) is 0 Å². The molecule has 1 aromatic rings. The lowest BCUT2D eigenvalue weighted by atomic mass is 9.79. The molecule has 4 heterocycles. The first kappa shape index (κ1) is 15.5. The highest BCUT2D eigenvalue weighted by Crippen LogP contribution is 2.39. The van der Waals surface area contributed by atoms with Crippen LogP contribution in [0.5, 0.6) is 0 Å². The maximum atomic E-state index is 6.04. The van der Waals surface area contributed by atoms with Gasteiger partial charge in [0.05, 0.1) is 6.10 Å². The molecule has 0 bridgehead atoms. The fraction of sp³-hybridized carbons (Fsp3) is 0.882. The molecule has 0 saturated carbocycles. The van der Waals surface area contributed by atoms with E-state index < -0.39 is 0 Å². The minimum atomic E-state index is 0.354. The minimum Gasteiger partial charge on any atom is -0.381 e. The van der Waals surface area contributed by atoms with Crippen molar-refractivity contribution in [2.24, 2.45) is 11.8 Å². The Bertz CT molecular complexity index is 515. The van der Waals surface area contributed by atoms with Crippen molar-refractivity contribution in [1.29, 1.82) is 0 Å². The van der Waals surface area contributed by atoms with Crippen LogP contribution in [-0.2, 0) is 9.47 Å². The third-order valence-corrected chi connectivity index (χ3v) is 5.67. The van der Waals surface area contributed by atoms with Crippen LogP contribution >= 0.6 is 0 Å². The van der Waals surface area contributed by atoms with Crippen molar-refractivity contribution < 1.29 is 14.0 Å². The van der Waals surface area contributed by atoms with Crippen LogP contribution in [-0.4, -0.2) is 60.6 Å². The van der Waals surface area contributed by atoms with E-state index in [1.165, 1.54) is 19.4 Å². The van der Waals surface area contributed by atoms with Crippen LogP contribution in [0.3, 0.4) is 0 Å². The number of piperidine rings is 1. The van der Waals surface area contributed by atoms with Crippen LogP contribution in [0.25, 0.3) is 0 Å². The molecule has 3 aliphatic rings. The van der Waals surface area contributed by atoms with E-state index in [4.69, 9.17) is 14.0 Å². The van der Waals surface area contributed by atoms with Crippen molar-refractivity contribution >= 4 is 0 Å². The Labute approximate surface area is 137 Å². The standard InChI is InChI=1S/C17H27N3O3/c1-12-18-17(23-19-12)14-5-9-22-16-2-6-20(11-15(14)16)10-13-3-7-21-8-4-13/h13-16H,2-11H2,1H3/t14-,15-,16-/m1/s1. The average Bonchev–Trinajstić information content (AvgIpc) is 3.01. The van der Waals surface area contributed by atoms with Gasteiger partial charge in [0.2, 0.25) is 5.89 Å². The zero-order chi connectivity index (χ0) is 15.6. The first-order valence-electron chi connectivity index (χ1n) is 9.01. The number of hydrogen-bond acceptors (Lipinski definition) is 6. The molecule has 3 fully saturated rings. The first-order chi connectivity index (χ1) is 11.3. The number of fused-ring (bicyclic) bond motifs is 1. The van der Waals surface area contributed by atoms with Gasteiger partial charge in [-0.3, -0.25) is 0 Å². The summed E-state index contributed by atoms with van der Waals surface area (Å²) < 4.78 is 17.0. The second-order valence-electron chi connectivity index (χ2n) is 7.25. The van der Waals surface area contributed by atoms with Crippen molar-refractivity contribution in [2.75, 3.05) is 39.5 Å². The molecule has 3 saturated heterocycles. The van der Waals surface area contributed by atoms with Gasteiger partial charge in [-0.2, -0.15) is 4.98 Å². The Morgan fingerprint density at radius 3 is 2.78 bits per heavy atom. The number of aryl methyl sites for hydroxylation is 1. The minimum absolute atomic E-state index is 0.354. The Hall–Kier alpha value is -0.980. The number of rotatable bonds is 3. The molecule has 0 aliphatic carbocycles. The molecule has 3 aliphatic heterocycles. The van der Waals surface area contributed by atoms with Crippen LogP contribution in [0.15, 0.2) is 4.52 Å². The average molecular weight is 321 g/mol. The van der Waals surface area contributed by atoms with Gasteiger partial charge in [0.15, 0.2) is 5.82 Å². The van der Waals surface area contributed by atoms with Crippen LogP contribution in [0.2, 0.25) is 0 Å². The summed E-state index contributed by atoms with van der Waals surface area (Å²) in [5, 5.41) is 3.99. The monoisotopic (exact) mass is 321 g/mol. The van der Waals surface area contributed by atoms with Crippen LogP contribution in [0, 0.1) is 18.8 Å². The molecule has 3 atom stereocenters. The molecule has 0 radical (unpaired) electrons. The molecule has 128 valence electrons. The van der Waals surface area contributed by atoms with E-state index in [9.17, 15) is 0 Å². The Morgan fingerprint density at radius 1 is 1.13 bits per heavy atom. The summed E-state index contributed by atoms with van der Waals surface area (Å²) in [6.45, 7) is 7.99. The molecular formula is C17H27N3O3. The van der Waals surface area contributed by atoms with Gasteiger partial charge in [0.25, 0.3) is 0 Å². The second-order valence-corrected chi connectivity index (χ2v) is 7.25. The number of aromatic nitrogens is 2. The number of nitrogens with zero attached hydrogens (tertiary/aromatic N) is 3. The first-order valence-corrected chi connectivity index (χ1v) is 9.01. The summed E-state index contributed by atoms with van der Waals surface area (Å²) in [5.41, 5.74) is 0. The summed E-state index contributed by atoms with van der Waals surface area (Å²) in [6.07, 6.45) is 4.87. The smallest absolute Gasteiger partial charge is 0.230 e. The highest BCUT2D eigenvalue weighted by atomic mass is 16.5. The third kappa shape index (κ3) is 3.44. The highest BCUT2D eigenvalue weighted by molar-refractivity contribution is 5.02. The van der Waals surface area contributed by atoms with E-state index >= 15 is 0 Å². The topological polar surface area (TPSA) is 60.6 Å². The van der Waals surface area contributed by atoms with Crippen molar-refractivity contribution in [3.05, 3.63) is 11.7 Å². The summed E-state index contributed by atoms with van der Waals surface area (Å²) in [4.78, 5) is 7.12. The van der Waals surface area contributed by atoms with Gasteiger partial charge in [-0.15, -0.1) is 0 Å². The summed E-state index contributed by atoms with van der Waals surface area (Å²) in [7, 11) is 0. The largest absolute Gasteiger partial charge is 0.381 e. The van der Waals surface area contributed by atoms with Gasteiger partial charge in [-0.05, 0) is 38.5 Å². The Morgan fingerprint density at radius 2 is 2.00 bits per heavy atom. The highest BCUT2D eigenvalue weighted by Gasteiger charge is 2.41. The Balaban J connectivity index is 1.43. The van der Waals surface area contributed by atoms with Gasteiger partial charge >= 0.3 is 0 Å². The fourth-order valence-electron chi connectivity index (χ4n) is 4.41. The zero-order valence-electron chi connectivity index (χ0n) is 13.9. The third-order valence-electron chi connectivity index (χ3n) is 5.67. The SMILES string of the molecule is Cc1noc([C@@H]2CCO[C@@H]3CCN(CC4CCOCC4)C[C@@H]32)n1. The molecule has 0 aromatic carbocycles. The van der Waals surface area contributed by atoms with Gasteiger partial charge in [0.1, 0.15) is 0 Å². The Kier molecular flexibility index (Phi) is 4.64. The van der Waals surface area contributed by atoms with Crippen molar-refractivity contribution in [2.45, 2.75) is 44.6 Å². The van der Waals surface area contributed by atoms with Gasteiger partial charge in [-0.1, -0.05) is 5.16 Å². The van der Waals surface area contributed by atoms with Gasteiger partial charge in [0, 0.05) is 51.3 Å². The van der Waals surface area contributed by atoms with E-state index in [0.29, 0.717) is 17.9 Å². The number of hydrogen-bond donors (Lipinski definition) is 0. The lowest BCUT2D eigenvalue weighted by molar-refractivity contribution is -0.0848. The lowest BCUT2D eigenvalue weighted by Gasteiger charge is -2.45. The quantitative estimate of drug-likeness (QED) is 0.848. The van der Waals surface area contributed by atoms with Crippen LogP contribution in [0.4, 0.5) is 0 Å². The van der Waals surface area contributed by atoms with E-state index in [2.05, 4.69) is 15.0 Å². The predicted octanol–water partition coefficient (Wildman–Crippen LogP) is 2.00. The molecule has 6 heteroatoms. The molecule has 0 N–H and O–H groups in total. The van der Waals surface area contributed by atoms with Crippen molar-refractivity contribution in [1.82, 2.24) is 15.0 Å². The number of ether oxygens (including phenoxy) is 2. The lowest BCUT2D eigenvalue weighted by Crippen LogP contribution is -2.50. The fourth-order valence-corrected chi connectivity index (χ4v) is 4.41. The molecule has 23 heavy (non-hydrogen) atoms. The van der Waals surface area contributed by atoms with Crippen LogP contribution in [0.1, 0.15) is 43.3 Å². The molecule has 6 nitrogen and oxygen atoms in total. The summed E-state index contributed by atoms with van der Waals surface area (Å²) in [5.74, 6) is 3.17. The summed E-state index contributed by atoms with van der Waals surface area (Å²) in [6, 6.07) is 0. The molecule has 0 spiro atoms. The van der Waals surface area contributed by atoms with E-state index in [-0.39, 0.29) is 0 Å². The van der Waals surface area contributed by atoms with Crippen LogP contribution < -0.4 is 0 Å². The molecule has 4 rings (SSSR count). The maximum Gasteiger partial charge on any atom is 0.230 e. The second kappa shape index (κ2) is 6.87. The van der Waals surface area contributed by atoms with E-state index in [1.807, 2.05) is 6.92 Å². The zero-order valence-corrected chi connectivity index (χ0v) is 13.9. The van der Waals surface area contributed by atoms with Gasteiger partial charge < -0.3 is 18.9 Å².